The van der Waals surface area contributed by atoms with E-state index in [0.717, 1.165) is 17.7 Å². The second-order valence-corrected chi connectivity index (χ2v) is 5.66. The van der Waals surface area contributed by atoms with Crippen LogP contribution in [0.5, 0.6) is 0 Å². The average Bonchev–Trinajstić information content (AvgIpc) is 2.39. The van der Waals surface area contributed by atoms with Crippen molar-refractivity contribution in [2.75, 3.05) is 11.5 Å². The maximum atomic E-state index is 11.8. The average molecular weight is 265 g/mol. The van der Waals surface area contributed by atoms with Crippen molar-refractivity contribution in [3.63, 3.8) is 0 Å². The van der Waals surface area contributed by atoms with Gasteiger partial charge in [0, 0.05) is 17.1 Å². The number of thioether (sulfide) groups is 1. The Kier molecular flexibility index (Phi) is 4.87. The quantitative estimate of drug-likeness (QED) is 0.819. The number of carbonyl (C=O) groups is 1. The van der Waals surface area contributed by atoms with Gasteiger partial charge in [-0.15, -0.1) is 11.8 Å². The molecule has 0 unspecified atom stereocenters. The summed E-state index contributed by atoms with van der Waals surface area (Å²) in [4.78, 5) is 16.7. The van der Waals surface area contributed by atoms with Crippen LogP contribution in [-0.2, 0) is 4.79 Å². The molecule has 1 aliphatic carbocycles. The number of pyridine rings is 1. The third kappa shape index (κ3) is 4.22. The van der Waals surface area contributed by atoms with Gasteiger partial charge in [0.05, 0.1) is 5.75 Å². The highest BCUT2D eigenvalue weighted by Gasteiger charge is 2.15. The molecule has 0 bridgehead atoms. The fourth-order valence-corrected chi connectivity index (χ4v) is 2.81. The Hall–Kier alpha value is -1.23. The van der Waals surface area contributed by atoms with Gasteiger partial charge >= 0.3 is 0 Å². The van der Waals surface area contributed by atoms with Crippen LogP contribution in [-0.4, -0.2) is 22.7 Å². The number of nitrogens with two attached hydrogens (primary N) is 1. The molecule has 1 saturated carbocycles. The Morgan fingerprint density at radius 3 is 2.83 bits per heavy atom. The second kappa shape index (κ2) is 6.64. The summed E-state index contributed by atoms with van der Waals surface area (Å²) in [5.74, 6) is 1.07. The van der Waals surface area contributed by atoms with E-state index in [4.69, 9.17) is 5.73 Å². The Bertz CT molecular complexity index is 388. The molecule has 0 radical (unpaired) electrons. The number of aromatic nitrogens is 1. The minimum absolute atomic E-state index is 0.115. The van der Waals surface area contributed by atoms with Crippen LogP contribution in [0.2, 0.25) is 0 Å². The molecule has 3 N–H and O–H groups in total. The summed E-state index contributed by atoms with van der Waals surface area (Å²) < 4.78 is 0. The Morgan fingerprint density at radius 1 is 1.39 bits per heavy atom. The van der Waals surface area contributed by atoms with Gasteiger partial charge < -0.3 is 11.1 Å². The third-order valence-electron chi connectivity index (χ3n) is 3.10. The normalized spacial score (nSPS) is 16.4. The maximum Gasteiger partial charge on any atom is 0.230 e. The summed E-state index contributed by atoms with van der Waals surface area (Å²) in [5.41, 5.74) is 5.51. The zero-order valence-electron chi connectivity index (χ0n) is 10.4. The van der Waals surface area contributed by atoms with Crippen molar-refractivity contribution in [3.8, 4) is 0 Å². The summed E-state index contributed by atoms with van der Waals surface area (Å²) in [5, 5.41) is 3.10. The molecule has 98 valence electrons. The first-order valence-corrected chi connectivity index (χ1v) is 7.36. The first kappa shape index (κ1) is 13.2. The molecule has 0 atom stereocenters. The van der Waals surface area contributed by atoms with E-state index < -0.39 is 0 Å². The van der Waals surface area contributed by atoms with Gasteiger partial charge in [0.1, 0.15) is 5.82 Å². The number of amides is 1. The topological polar surface area (TPSA) is 68.0 Å². The molecular weight excluding hydrogens is 246 g/mol. The van der Waals surface area contributed by atoms with Gasteiger partial charge in [0.2, 0.25) is 5.91 Å². The lowest BCUT2D eigenvalue weighted by Gasteiger charge is -2.22. The van der Waals surface area contributed by atoms with E-state index in [0.29, 0.717) is 17.6 Å². The van der Waals surface area contributed by atoms with E-state index in [9.17, 15) is 4.79 Å². The molecule has 0 saturated heterocycles. The molecule has 0 spiro atoms. The predicted molar refractivity (Wildman–Crippen MR) is 74.4 cm³/mol. The SMILES string of the molecule is Nc1ccc(SCC(=O)NC2CCCCC2)cn1. The van der Waals surface area contributed by atoms with Crippen molar-refractivity contribution in [1.29, 1.82) is 0 Å². The fourth-order valence-electron chi connectivity index (χ4n) is 2.14. The molecule has 1 aromatic rings. The predicted octanol–water partition coefficient (Wildman–Crippen LogP) is 2.20. The van der Waals surface area contributed by atoms with Crippen LogP contribution in [0.4, 0.5) is 5.82 Å². The van der Waals surface area contributed by atoms with E-state index in [1.54, 1.807) is 12.3 Å². The number of nitrogen functional groups attached to an aromatic ring is 1. The summed E-state index contributed by atoms with van der Waals surface area (Å²) in [6, 6.07) is 4.03. The number of rotatable bonds is 4. The Balaban J connectivity index is 1.72. The molecular formula is C13H19N3OS. The first-order valence-electron chi connectivity index (χ1n) is 6.38. The molecule has 1 heterocycles. The highest BCUT2D eigenvalue weighted by atomic mass is 32.2. The summed E-state index contributed by atoms with van der Waals surface area (Å²) in [6.45, 7) is 0. The minimum Gasteiger partial charge on any atom is -0.384 e. The van der Waals surface area contributed by atoms with Crippen molar-refractivity contribution in [2.24, 2.45) is 0 Å². The molecule has 2 rings (SSSR count). The molecule has 1 fully saturated rings. The van der Waals surface area contributed by atoms with E-state index in [2.05, 4.69) is 10.3 Å². The largest absolute Gasteiger partial charge is 0.384 e. The van der Waals surface area contributed by atoms with Gasteiger partial charge in [-0.05, 0) is 25.0 Å². The summed E-state index contributed by atoms with van der Waals surface area (Å²) >= 11 is 1.50. The molecule has 1 aromatic heterocycles. The number of anilines is 1. The molecule has 1 aliphatic rings. The van der Waals surface area contributed by atoms with Crippen LogP contribution in [0, 0.1) is 0 Å². The summed E-state index contributed by atoms with van der Waals surface area (Å²) in [6.07, 6.45) is 7.73. The number of carbonyl (C=O) groups excluding carboxylic acids is 1. The highest BCUT2D eigenvalue weighted by molar-refractivity contribution is 8.00. The fraction of sp³-hybridized carbons (Fsp3) is 0.538. The lowest BCUT2D eigenvalue weighted by atomic mass is 9.95. The van der Waals surface area contributed by atoms with Gasteiger partial charge in [0.25, 0.3) is 0 Å². The maximum absolute atomic E-state index is 11.8. The smallest absolute Gasteiger partial charge is 0.230 e. The number of nitrogens with zero attached hydrogens (tertiary/aromatic N) is 1. The van der Waals surface area contributed by atoms with Crippen LogP contribution < -0.4 is 11.1 Å². The number of hydrogen-bond acceptors (Lipinski definition) is 4. The molecule has 4 nitrogen and oxygen atoms in total. The van der Waals surface area contributed by atoms with Gasteiger partial charge in [0.15, 0.2) is 0 Å². The molecule has 0 aromatic carbocycles. The first-order chi connectivity index (χ1) is 8.74. The molecule has 5 heteroatoms. The standard InChI is InChI=1S/C13H19N3OS/c14-12-7-6-11(8-15-12)18-9-13(17)16-10-4-2-1-3-5-10/h6-8,10H,1-5,9H2,(H2,14,15)(H,16,17). The third-order valence-corrected chi connectivity index (χ3v) is 4.08. The van der Waals surface area contributed by atoms with Gasteiger partial charge in [-0.2, -0.15) is 0 Å². The van der Waals surface area contributed by atoms with E-state index in [-0.39, 0.29) is 5.91 Å². The van der Waals surface area contributed by atoms with Crippen LogP contribution in [0.3, 0.4) is 0 Å². The second-order valence-electron chi connectivity index (χ2n) is 4.61. The minimum atomic E-state index is 0.115. The van der Waals surface area contributed by atoms with Gasteiger partial charge in [-0.25, -0.2) is 4.98 Å². The van der Waals surface area contributed by atoms with Crippen molar-refractivity contribution in [2.45, 2.75) is 43.0 Å². The van der Waals surface area contributed by atoms with Gasteiger partial charge in [-0.1, -0.05) is 19.3 Å². The zero-order chi connectivity index (χ0) is 12.8. The van der Waals surface area contributed by atoms with E-state index >= 15 is 0 Å². The van der Waals surface area contributed by atoms with E-state index in [1.807, 2.05) is 6.07 Å². The van der Waals surface area contributed by atoms with Crippen molar-refractivity contribution in [3.05, 3.63) is 18.3 Å². The molecule has 1 amide bonds. The number of nitrogens with one attached hydrogen (secondary N) is 1. The van der Waals surface area contributed by atoms with Crippen LogP contribution in [0.15, 0.2) is 23.2 Å². The summed E-state index contributed by atoms with van der Waals surface area (Å²) in [7, 11) is 0. The highest BCUT2D eigenvalue weighted by Crippen LogP contribution is 2.19. The van der Waals surface area contributed by atoms with Crippen molar-refractivity contribution >= 4 is 23.5 Å². The molecule has 0 aliphatic heterocycles. The Morgan fingerprint density at radius 2 is 2.17 bits per heavy atom. The lowest BCUT2D eigenvalue weighted by Crippen LogP contribution is -2.37. The Labute approximate surface area is 112 Å². The lowest BCUT2D eigenvalue weighted by molar-refractivity contribution is -0.119. The van der Waals surface area contributed by atoms with E-state index in [1.165, 1.54) is 31.0 Å². The monoisotopic (exact) mass is 265 g/mol. The van der Waals surface area contributed by atoms with Crippen LogP contribution in [0.25, 0.3) is 0 Å². The van der Waals surface area contributed by atoms with Gasteiger partial charge in [-0.3, -0.25) is 4.79 Å². The van der Waals surface area contributed by atoms with Crippen molar-refractivity contribution in [1.82, 2.24) is 10.3 Å². The molecule has 18 heavy (non-hydrogen) atoms. The number of hydrogen-bond donors (Lipinski definition) is 2. The van der Waals surface area contributed by atoms with Crippen LogP contribution in [0.1, 0.15) is 32.1 Å². The van der Waals surface area contributed by atoms with Crippen LogP contribution >= 0.6 is 11.8 Å². The zero-order valence-corrected chi connectivity index (χ0v) is 11.2. The van der Waals surface area contributed by atoms with Crippen molar-refractivity contribution < 1.29 is 4.79 Å².